The number of aromatic nitrogens is 1. The van der Waals surface area contributed by atoms with Crippen molar-refractivity contribution in [3.63, 3.8) is 0 Å². The van der Waals surface area contributed by atoms with E-state index >= 15 is 0 Å². The molecule has 11 heavy (non-hydrogen) atoms. The molecule has 0 unspecified atom stereocenters. The number of pyridine rings is 1. The van der Waals surface area contributed by atoms with Crippen LogP contribution in [0.25, 0.3) is 0 Å². The second-order valence-corrected chi connectivity index (χ2v) is 4.51. The van der Waals surface area contributed by atoms with E-state index < -0.39 is 0 Å². The van der Waals surface area contributed by atoms with Crippen molar-refractivity contribution in [2.45, 2.75) is 6.92 Å². The quantitative estimate of drug-likeness (QED) is 0.250. The van der Waals surface area contributed by atoms with E-state index in [-0.39, 0.29) is 21.5 Å². The van der Waals surface area contributed by atoms with Crippen LogP contribution in [-0.4, -0.2) is 9.54 Å². The van der Waals surface area contributed by atoms with Gasteiger partial charge in [0.15, 0.2) is 0 Å². The molecule has 0 saturated carbocycles. The zero-order valence-corrected chi connectivity index (χ0v) is 8.34. The monoisotopic (exact) mass is 262 g/mol. The molecule has 3 nitrogen and oxygen atoms in total. The normalized spacial score (nSPS) is 15.4. The minimum absolute atomic E-state index is 0.0922. The molecule has 2 N–H and O–H groups in total. The molecule has 4 heteroatoms. The third-order valence-electron chi connectivity index (χ3n) is 1.50. The molecule has 1 aliphatic rings. The summed E-state index contributed by atoms with van der Waals surface area (Å²) in [6, 6.07) is 2.12. The Morgan fingerprint density at radius 3 is 3.45 bits per heavy atom. The first-order valence-corrected chi connectivity index (χ1v) is 6.01. The summed E-state index contributed by atoms with van der Waals surface area (Å²) in [5.74, 6) is 1.02. The SMILES string of the molecule is Cc1cnc2c(c1)NC[I-]N2. The molecule has 0 aliphatic carbocycles. The van der Waals surface area contributed by atoms with Crippen LogP contribution in [0, 0.1) is 6.92 Å². The van der Waals surface area contributed by atoms with E-state index in [1.807, 2.05) is 6.20 Å². The summed E-state index contributed by atoms with van der Waals surface area (Å²) in [6.07, 6.45) is 1.89. The van der Waals surface area contributed by atoms with E-state index in [9.17, 15) is 0 Å². The number of fused-ring (bicyclic) bond motifs is 1. The van der Waals surface area contributed by atoms with Crippen molar-refractivity contribution in [2.75, 3.05) is 13.4 Å². The van der Waals surface area contributed by atoms with Gasteiger partial charge in [-0.05, 0) is 0 Å². The van der Waals surface area contributed by atoms with Crippen molar-refractivity contribution in [1.29, 1.82) is 0 Å². The molecular formula is C7H9IN3-. The fourth-order valence-corrected chi connectivity index (χ4v) is 2.56. The van der Waals surface area contributed by atoms with E-state index in [4.69, 9.17) is 0 Å². The van der Waals surface area contributed by atoms with Gasteiger partial charge in [-0.3, -0.25) is 0 Å². The summed E-state index contributed by atoms with van der Waals surface area (Å²) in [5, 5.41) is 3.33. The van der Waals surface area contributed by atoms with Crippen molar-refractivity contribution in [3.05, 3.63) is 17.8 Å². The van der Waals surface area contributed by atoms with Gasteiger partial charge in [0.25, 0.3) is 0 Å². The Bertz CT molecular complexity index is 274. The van der Waals surface area contributed by atoms with Crippen LogP contribution < -0.4 is 30.3 Å². The summed E-state index contributed by atoms with van der Waals surface area (Å²) in [7, 11) is 0. The zero-order valence-electron chi connectivity index (χ0n) is 6.19. The van der Waals surface area contributed by atoms with Crippen LogP contribution in [0.15, 0.2) is 12.3 Å². The number of nitrogens with one attached hydrogen (secondary N) is 2. The standard InChI is InChI=1S/C7H9IN3/c1-5-2-6-7(9-3-5)11-8-4-10-6/h2-3,10H,4H2,1H3,(H,9,11)/q-1. The van der Waals surface area contributed by atoms with E-state index in [2.05, 4.69) is 26.8 Å². The maximum atomic E-state index is 4.27. The third-order valence-corrected chi connectivity index (χ3v) is 3.16. The van der Waals surface area contributed by atoms with Crippen molar-refractivity contribution in [1.82, 2.24) is 4.98 Å². The van der Waals surface area contributed by atoms with E-state index in [1.165, 1.54) is 5.56 Å². The topological polar surface area (TPSA) is 37.0 Å². The van der Waals surface area contributed by atoms with Crippen LogP contribution in [0.3, 0.4) is 0 Å². The molecule has 1 aliphatic heterocycles. The predicted molar refractivity (Wildman–Crippen MR) is 41.1 cm³/mol. The average molecular weight is 262 g/mol. The first-order chi connectivity index (χ1) is 5.36. The van der Waals surface area contributed by atoms with Gasteiger partial charge >= 0.3 is 76.1 Å². The van der Waals surface area contributed by atoms with Gasteiger partial charge in [0.05, 0.1) is 0 Å². The van der Waals surface area contributed by atoms with Gasteiger partial charge in [0, 0.05) is 0 Å². The van der Waals surface area contributed by atoms with Gasteiger partial charge < -0.3 is 0 Å². The average Bonchev–Trinajstić information content (AvgIpc) is 2.04. The van der Waals surface area contributed by atoms with Gasteiger partial charge in [-0.1, -0.05) is 0 Å². The van der Waals surface area contributed by atoms with Gasteiger partial charge in [-0.15, -0.1) is 0 Å². The number of rotatable bonds is 0. The number of hydrogen-bond donors (Lipinski definition) is 2. The van der Waals surface area contributed by atoms with Crippen molar-refractivity contribution in [3.8, 4) is 0 Å². The Balaban J connectivity index is 2.43. The number of alkyl halides is 1. The van der Waals surface area contributed by atoms with Crippen LogP contribution in [0.1, 0.15) is 5.56 Å². The second kappa shape index (κ2) is 2.84. The summed E-state index contributed by atoms with van der Waals surface area (Å²) in [6.45, 7) is 2.05. The van der Waals surface area contributed by atoms with Gasteiger partial charge in [-0.25, -0.2) is 0 Å². The number of hydrogen-bond acceptors (Lipinski definition) is 3. The number of nitrogens with zero attached hydrogens (tertiary/aromatic N) is 1. The minimum atomic E-state index is 0.0922. The molecule has 0 fully saturated rings. The molecule has 2 heterocycles. The molecule has 0 amide bonds. The van der Waals surface area contributed by atoms with Crippen LogP contribution >= 0.6 is 0 Å². The van der Waals surface area contributed by atoms with Crippen LogP contribution in [0.2, 0.25) is 0 Å². The molecule has 2 rings (SSSR count). The molecule has 1 aromatic heterocycles. The summed E-state index contributed by atoms with van der Waals surface area (Å²) < 4.78 is 4.42. The molecule has 0 aromatic carbocycles. The molecule has 0 spiro atoms. The van der Waals surface area contributed by atoms with Crippen molar-refractivity contribution in [2.24, 2.45) is 0 Å². The number of anilines is 2. The number of aryl methyl sites for hydroxylation is 1. The summed E-state index contributed by atoms with van der Waals surface area (Å²) in [4.78, 5) is 4.27. The molecule has 60 valence electrons. The molecular weight excluding hydrogens is 253 g/mol. The van der Waals surface area contributed by atoms with Gasteiger partial charge in [0.1, 0.15) is 0 Å². The molecule has 0 atom stereocenters. The van der Waals surface area contributed by atoms with Crippen LogP contribution in [0.5, 0.6) is 0 Å². The number of halogens is 1. The molecule has 0 radical (unpaired) electrons. The Kier molecular flexibility index (Phi) is 1.85. The van der Waals surface area contributed by atoms with E-state index in [0.29, 0.717) is 0 Å². The molecule has 0 bridgehead atoms. The van der Waals surface area contributed by atoms with Gasteiger partial charge in [-0.2, -0.15) is 0 Å². The first-order valence-electron chi connectivity index (χ1n) is 3.41. The third kappa shape index (κ3) is 1.40. The maximum absolute atomic E-state index is 4.27. The van der Waals surface area contributed by atoms with E-state index in [0.717, 1.165) is 16.1 Å². The van der Waals surface area contributed by atoms with E-state index in [1.54, 1.807) is 0 Å². The fraction of sp³-hybridized carbons (Fsp3) is 0.286. The second-order valence-electron chi connectivity index (χ2n) is 2.45. The molecule has 1 aromatic rings. The van der Waals surface area contributed by atoms with Crippen molar-refractivity contribution >= 4 is 11.5 Å². The Hall–Kier alpha value is -0.520. The summed E-state index contributed by atoms with van der Waals surface area (Å²) >= 11 is 0.0922. The Morgan fingerprint density at radius 2 is 2.55 bits per heavy atom. The Labute approximate surface area is 76.2 Å². The zero-order chi connectivity index (χ0) is 7.68. The van der Waals surface area contributed by atoms with Crippen LogP contribution in [0.4, 0.5) is 11.5 Å². The fourth-order valence-electron chi connectivity index (χ4n) is 0.981. The first kappa shape index (κ1) is 7.15. The summed E-state index contributed by atoms with van der Waals surface area (Å²) in [5.41, 5.74) is 2.36. The Morgan fingerprint density at radius 1 is 1.64 bits per heavy atom. The predicted octanol–water partition coefficient (Wildman–Crippen LogP) is -1.81. The van der Waals surface area contributed by atoms with Crippen molar-refractivity contribution < 1.29 is 21.5 Å². The van der Waals surface area contributed by atoms with Crippen LogP contribution in [-0.2, 0) is 0 Å². The molecule has 0 saturated heterocycles. The van der Waals surface area contributed by atoms with Gasteiger partial charge in [0.2, 0.25) is 0 Å².